The minimum atomic E-state index is -0.861. The van der Waals surface area contributed by atoms with Gasteiger partial charge in [0.15, 0.2) is 6.23 Å². The van der Waals surface area contributed by atoms with Crippen molar-refractivity contribution in [1.82, 2.24) is 30.0 Å². The van der Waals surface area contributed by atoms with Gasteiger partial charge in [-0.15, -0.1) is 0 Å². The molecule has 0 spiro atoms. The zero-order chi connectivity index (χ0) is 25.4. The molecule has 2 aliphatic heterocycles. The number of benzene rings is 1. The first-order chi connectivity index (χ1) is 18.1. The van der Waals surface area contributed by atoms with Gasteiger partial charge in [0.05, 0.1) is 34.8 Å². The number of pyridine rings is 1. The summed E-state index contributed by atoms with van der Waals surface area (Å²) in [6.45, 7) is 5.58. The number of aromatic amines is 1. The van der Waals surface area contributed by atoms with Gasteiger partial charge >= 0.3 is 0 Å². The average molecular weight is 541 g/mol. The lowest BCUT2D eigenvalue weighted by molar-refractivity contribution is -0.0625. The van der Waals surface area contributed by atoms with Crippen LogP contribution in [0.15, 0.2) is 43.0 Å². The van der Waals surface area contributed by atoms with Crippen LogP contribution in [0.4, 0.5) is 5.95 Å². The predicted octanol–water partition coefficient (Wildman–Crippen LogP) is 3.67. The summed E-state index contributed by atoms with van der Waals surface area (Å²) < 4.78 is 11.3. The summed E-state index contributed by atoms with van der Waals surface area (Å²) in [4.78, 5) is 18.1. The summed E-state index contributed by atoms with van der Waals surface area (Å²) >= 11 is 12.5. The Balaban J connectivity index is 1.19. The molecule has 2 saturated heterocycles. The first kappa shape index (κ1) is 24.3. The molecule has 1 aromatic carbocycles. The third-order valence-electron chi connectivity index (χ3n) is 6.83. The molecule has 0 aliphatic carbocycles. The molecule has 0 bridgehead atoms. The van der Waals surface area contributed by atoms with Gasteiger partial charge in [-0.05, 0) is 24.6 Å². The third kappa shape index (κ3) is 4.95. The van der Waals surface area contributed by atoms with E-state index < -0.39 is 6.23 Å². The normalized spacial score (nSPS) is 18.0. The van der Waals surface area contributed by atoms with Crippen LogP contribution >= 0.6 is 23.2 Å². The number of halogens is 2. The lowest BCUT2D eigenvalue weighted by Crippen LogP contribution is -2.50. The molecule has 0 radical (unpaired) electrons. The molecule has 192 valence electrons. The van der Waals surface area contributed by atoms with E-state index in [2.05, 4.69) is 34.9 Å². The van der Waals surface area contributed by atoms with E-state index in [4.69, 9.17) is 38.4 Å². The summed E-state index contributed by atoms with van der Waals surface area (Å²) in [5, 5.41) is 9.11. The molecule has 4 aromatic rings. The summed E-state index contributed by atoms with van der Waals surface area (Å²) in [5.74, 6) is 1.28. The van der Waals surface area contributed by atoms with Crippen LogP contribution in [0.5, 0.6) is 5.75 Å². The summed E-state index contributed by atoms with van der Waals surface area (Å²) in [6, 6.07) is 6.12. The Kier molecular flexibility index (Phi) is 6.83. The second kappa shape index (κ2) is 10.4. The highest BCUT2D eigenvalue weighted by Crippen LogP contribution is 2.33. The zero-order valence-corrected chi connectivity index (χ0v) is 21.5. The number of ether oxygens (including phenoxy) is 2. The molecule has 6 rings (SSSR count). The van der Waals surface area contributed by atoms with Crippen molar-refractivity contribution in [3.05, 3.63) is 58.6 Å². The Bertz CT molecular complexity index is 1380. The second-order valence-electron chi connectivity index (χ2n) is 9.17. The minimum absolute atomic E-state index is 0.344. The van der Waals surface area contributed by atoms with E-state index in [-0.39, 0.29) is 0 Å². The highest BCUT2D eigenvalue weighted by atomic mass is 35.5. The van der Waals surface area contributed by atoms with E-state index >= 15 is 0 Å². The number of rotatable bonds is 6. The maximum absolute atomic E-state index is 6.26. The molecule has 0 unspecified atom stereocenters. The fourth-order valence-corrected chi connectivity index (χ4v) is 5.31. The van der Waals surface area contributed by atoms with Crippen molar-refractivity contribution in [2.45, 2.75) is 18.7 Å². The van der Waals surface area contributed by atoms with Crippen LogP contribution in [0.2, 0.25) is 10.0 Å². The first-order valence-electron chi connectivity index (χ1n) is 12.2. The van der Waals surface area contributed by atoms with Crippen molar-refractivity contribution in [2.24, 2.45) is 5.73 Å². The number of hydrogen-bond acceptors (Lipinski definition) is 9. The van der Waals surface area contributed by atoms with Crippen molar-refractivity contribution in [3.63, 3.8) is 0 Å². The Morgan fingerprint density at radius 3 is 2.54 bits per heavy atom. The van der Waals surface area contributed by atoms with Crippen LogP contribution in [0, 0.1) is 0 Å². The smallest absolute Gasteiger partial charge is 0.225 e. The Morgan fingerprint density at radius 2 is 1.81 bits per heavy atom. The van der Waals surface area contributed by atoms with Gasteiger partial charge in [0.25, 0.3) is 0 Å². The van der Waals surface area contributed by atoms with E-state index in [0.717, 1.165) is 73.9 Å². The second-order valence-corrected chi connectivity index (χ2v) is 9.99. The highest BCUT2D eigenvalue weighted by Gasteiger charge is 2.28. The van der Waals surface area contributed by atoms with Gasteiger partial charge in [-0.2, -0.15) is 5.10 Å². The zero-order valence-electron chi connectivity index (χ0n) is 20.0. The molecular formula is C25H26Cl2N8O2. The average Bonchev–Trinajstić information content (AvgIpc) is 3.13. The van der Waals surface area contributed by atoms with Gasteiger partial charge in [0.1, 0.15) is 11.4 Å². The van der Waals surface area contributed by atoms with Gasteiger partial charge in [0.2, 0.25) is 5.95 Å². The molecule has 3 N–H and O–H groups in total. The van der Waals surface area contributed by atoms with Gasteiger partial charge in [-0.25, -0.2) is 9.97 Å². The first-order valence-corrected chi connectivity index (χ1v) is 12.9. The fourth-order valence-electron chi connectivity index (χ4n) is 4.73. The molecular weight excluding hydrogens is 515 g/mol. The maximum atomic E-state index is 6.26. The summed E-state index contributed by atoms with van der Waals surface area (Å²) in [7, 11) is 0. The molecule has 10 nitrogen and oxygen atoms in total. The molecule has 1 atom stereocenters. The molecule has 3 aromatic heterocycles. The summed E-state index contributed by atoms with van der Waals surface area (Å²) in [5.41, 5.74) is 9.12. The van der Waals surface area contributed by atoms with Crippen LogP contribution in [0.1, 0.15) is 18.2 Å². The van der Waals surface area contributed by atoms with Crippen molar-refractivity contribution >= 4 is 40.1 Å². The molecule has 0 amide bonds. The number of nitrogens with zero attached hydrogens (tertiary/aromatic N) is 6. The van der Waals surface area contributed by atoms with Crippen molar-refractivity contribution in [3.8, 4) is 17.0 Å². The minimum Gasteiger partial charge on any atom is -0.471 e. The van der Waals surface area contributed by atoms with Crippen LogP contribution < -0.4 is 15.4 Å². The van der Waals surface area contributed by atoms with Crippen LogP contribution in [-0.2, 0) is 4.74 Å². The largest absolute Gasteiger partial charge is 0.471 e. The molecule has 12 heteroatoms. The Labute approximate surface area is 223 Å². The van der Waals surface area contributed by atoms with Gasteiger partial charge < -0.3 is 14.4 Å². The molecule has 0 saturated carbocycles. The van der Waals surface area contributed by atoms with Crippen molar-refractivity contribution in [2.75, 3.05) is 44.3 Å². The summed E-state index contributed by atoms with van der Waals surface area (Å²) in [6.07, 6.45) is 6.81. The molecule has 2 fully saturated rings. The topological polar surface area (TPSA) is 118 Å². The number of fused-ring (bicyclic) bond motifs is 1. The number of aromatic nitrogens is 5. The van der Waals surface area contributed by atoms with E-state index in [9.17, 15) is 0 Å². The van der Waals surface area contributed by atoms with E-state index in [0.29, 0.717) is 27.4 Å². The number of anilines is 1. The standard InChI is InChI=1S/C25H26Cl2N8O2/c26-19-11-29-12-20(27)22(19)24(28)37-17-2-3-21-18(8-17)23(33-32-21)15-9-30-25(31-10-15)35-5-1-4-34(6-7-35)16-13-36-14-16/h2-3,8-12,16,24H,1,4-7,13-14,28H2,(H,32,33)/t24-/m0/s1. The fraction of sp³-hybridized carbons (Fsp3) is 0.360. The SMILES string of the molecule is N[C@@H](Oc1ccc2[nH]nc(-c3cnc(N4CCCN(C5COC5)CC4)nc3)c2c1)c1c(Cl)cncc1Cl. The number of hydrogen-bond donors (Lipinski definition) is 2. The van der Waals surface area contributed by atoms with Crippen molar-refractivity contribution in [1.29, 1.82) is 0 Å². The van der Waals surface area contributed by atoms with Crippen LogP contribution in [-0.4, -0.2) is 75.5 Å². The molecule has 37 heavy (non-hydrogen) atoms. The van der Waals surface area contributed by atoms with E-state index in [1.807, 2.05) is 30.6 Å². The van der Waals surface area contributed by atoms with E-state index in [1.165, 1.54) is 12.4 Å². The van der Waals surface area contributed by atoms with Crippen molar-refractivity contribution < 1.29 is 9.47 Å². The highest BCUT2D eigenvalue weighted by molar-refractivity contribution is 6.35. The third-order valence-corrected chi connectivity index (χ3v) is 7.44. The lowest BCUT2D eigenvalue weighted by atomic mass is 10.1. The number of nitrogens with two attached hydrogens (primary N) is 1. The monoisotopic (exact) mass is 540 g/mol. The quantitative estimate of drug-likeness (QED) is 0.353. The number of H-pyrrole nitrogens is 1. The molecule has 2 aliphatic rings. The van der Waals surface area contributed by atoms with Crippen LogP contribution in [0.3, 0.4) is 0 Å². The Hall–Kier alpha value is -3.02. The predicted molar refractivity (Wildman–Crippen MR) is 142 cm³/mol. The number of nitrogens with one attached hydrogen (secondary N) is 1. The van der Waals surface area contributed by atoms with Gasteiger partial charge in [-0.1, -0.05) is 23.2 Å². The lowest BCUT2D eigenvalue weighted by Gasteiger charge is -2.36. The van der Waals surface area contributed by atoms with Gasteiger partial charge in [0, 0.05) is 67.5 Å². The Morgan fingerprint density at radius 1 is 1.03 bits per heavy atom. The maximum Gasteiger partial charge on any atom is 0.225 e. The molecule has 5 heterocycles. The van der Waals surface area contributed by atoms with E-state index in [1.54, 1.807) is 0 Å². The van der Waals surface area contributed by atoms with Gasteiger partial charge in [-0.3, -0.25) is 20.7 Å². The van der Waals surface area contributed by atoms with Crippen LogP contribution in [0.25, 0.3) is 22.2 Å².